The van der Waals surface area contributed by atoms with Crippen molar-refractivity contribution in [2.75, 3.05) is 32.8 Å². The molecule has 9 nitrogen and oxygen atoms in total. The average Bonchev–Trinajstić information content (AvgIpc) is 3.25. The molecule has 1 saturated heterocycles. The molecule has 0 saturated carbocycles. The molecule has 10 heteroatoms. The summed E-state index contributed by atoms with van der Waals surface area (Å²) in [4.78, 5) is 54.2. The molecule has 1 fully saturated rings. The second kappa shape index (κ2) is 11.8. The van der Waals surface area contributed by atoms with Crippen molar-refractivity contribution in [2.24, 2.45) is 0 Å². The van der Waals surface area contributed by atoms with Gasteiger partial charge in [0.15, 0.2) is 11.5 Å². The van der Waals surface area contributed by atoms with Crippen molar-refractivity contribution in [3.05, 3.63) is 89.2 Å². The van der Waals surface area contributed by atoms with Crippen LogP contribution < -0.4 is 14.4 Å². The average molecular weight is 535 g/mol. The maximum Gasteiger partial charge on any atom is 0.337 e. The first-order valence-electron chi connectivity index (χ1n) is 12.1. The van der Waals surface area contributed by atoms with E-state index < -0.39 is 35.5 Å². The van der Waals surface area contributed by atoms with Crippen LogP contribution in [0.25, 0.3) is 0 Å². The van der Waals surface area contributed by atoms with Gasteiger partial charge in [0.2, 0.25) is 5.91 Å². The molecule has 3 amide bonds. The fourth-order valence-corrected chi connectivity index (χ4v) is 4.44. The summed E-state index contributed by atoms with van der Waals surface area (Å²) in [5.74, 6) is -1.56. The Balaban J connectivity index is 1.62. The molecular weight excluding hydrogens is 507 g/mol. The number of halogens is 1. The molecule has 0 bridgehead atoms. The predicted octanol–water partition coefficient (Wildman–Crippen LogP) is 3.65. The highest BCUT2D eigenvalue weighted by Gasteiger charge is 2.44. The molecule has 39 heavy (non-hydrogen) atoms. The summed E-state index contributed by atoms with van der Waals surface area (Å²) in [7, 11) is 4.29. The van der Waals surface area contributed by atoms with Crippen molar-refractivity contribution in [2.45, 2.75) is 18.9 Å². The van der Waals surface area contributed by atoms with Crippen LogP contribution in [0.1, 0.15) is 32.7 Å². The fourth-order valence-electron chi connectivity index (χ4n) is 4.44. The molecule has 0 radical (unpaired) electrons. The summed E-state index contributed by atoms with van der Waals surface area (Å²) in [6, 6.07) is 15.1. The molecule has 0 aromatic heterocycles. The first-order valence-corrected chi connectivity index (χ1v) is 12.1. The van der Waals surface area contributed by atoms with Crippen LogP contribution in [0.3, 0.4) is 0 Å². The van der Waals surface area contributed by atoms with E-state index in [2.05, 4.69) is 0 Å². The zero-order chi connectivity index (χ0) is 28.1. The molecule has 1 aliphatic rings. The fraction of sp³-hybridized carbons (Fsp3) is 0.241. The molecule has 3 aromatic rings. The normalized spacial score (nSPS) is 14.8. The number of imide groups is 1. The van der Waals surface area contributed by atoms with Crippen molar-refractivity contribution >= 4 is 29.4 Å². The SMILES string of the molecule is COC(=O)c1ccc(N2C(=O)CC(N(CCc3ccc(OC)c(OC)c3)C(=O)c3ccc(F)cc3)C2=O)cc1. The van der Waals surface area contributed by atoms with Gasteiger partial charge in [0, 0.05) is 12.1 Å². The van der Waals surface area contributed by atoms with E-state index in [0.717, 1.165) is 22.6 Å². The second-order valence-electron chi connectivity index (χ2n) is 8.77. The zero-order valence-electron chi connectivity index (χ0n) is 21.7. The number of anilines is 1. The van der Waals surface area contributed by atoms with E-state index in [0.29, 0.717) is 17.9 Å². The van der Waals surface area contributed by atoms with E-state index in [1.807, 2.05) is 6.07 Å². The van der Waals surface area contributed by atoms with Crippen molar-refractivity contribution in [3.8, 4) is 11.5 Å². The van der Waals surface area contributed by atoms with Gasteiger partial charge in [-0.15, -0.1) is 0 Å². The van der Waals surface area contributed by atoms with Crippen LogP contribution in [-0.2, 0) is 20.7 Å². The maximum absolute atomic E-state index is 13.6. The van der Waals surface area contributed by atoms with Gasteiger partial charge in [0.1, 0.15) is 11.9 Å². The van der Waals surface area contributed by atoms with E-state index >= 15 is 0 Å². The summed E-state index contributed by atoms with van der Waals surface area (Å²) in [5.41, 5.74) is 1.54. The lowest BCUT2D eigenvalue weighted by molar-refractivity contribution is -0.122. The van der Waals surface area contributed by atoms with Crippen LogP contribution in [0, 0.1) is 5.82 Å². The minimum atomic E-state index is -1.07. The van der Waals surface area contributed by atoms with Gasteiger partial charge in [-0.3, -0.25) is 14.4 Å². The Morgan fingerprint density at radius 1 is 0.897 bits per heavy atom. The molecule has 1 aliphatic heterocycles. The highest BCUT2D eigenvalue weighted by atomic mass is 19.1. The molecule has 1 heterocycles. The maximum atomic E-state index is 13.6. The third kappa shape index (κ3) is 5.74. The van der Waals surface area contributed by atoms with Gasteiger partial charge in [-0.25, -0.2) is 14.1 Å². The second-order valence-corrected chi connectivity index (χ2v) is 8.77. The van der Waals surface area contributed by atoms with E-state index in [1.165, 1.54) is 62.6 Å². The van der Waals surface area contributed by atoms with Crippen LogP contribution in [-0.4, -0.2) is 62.5 Å². The van der Waals surface area contributed by atoms with Crippen LogP contribution >= 0.6 is 0 Å². The number of amides is 3. The lowest BCUT2D eigenvalue weighted by Crippen LogP contribution is -2.46. The molecule has 1 atom stereocenters. The van der Waals surface area contributed by atoms with Crippen molar-refractivity contribution < 1.29 is 37.8 Å². The topological polar surface area (TPSA) is 102 Å². The number of hydrogen-bond acceptors (Lipinski definition) is 7. The number of carbonyl (C=O) groups is 4. The van der Waals surface area contributed by atoms with Crippen molar-refractivity contribution in [3.63, 3.8) is 0 Å². The Hall–Kier alpha value is -4.73. The van der Waals surface area contributed by atoms with Gasteiger partial charge < -0.3 is 19.1 Å². The van der Waals surface area contributed by atoms with Crippen LogP contribution in [0.5, 0.6) is 11.5 Å². The molecule has 0 N–H and O–H groups in total. The summed E-state index contributed by atoms with van der Waals surface area (Å²) < 4.78 is 28.9. The van der Waals surface area contributed by atoms with Gasteiger partial charge in [-0.1, -0.05) is 6.07 Å². The van der Waals surface area contributed by atoms with E-state index in [-0.39, 0.29) is 29.8 Å². The molecule has 1 unspecified atom stereocenters. The minimum Gasteiger partial charge on any atom is -0.493 e. The first kappa shape index (κ1) is 27.3. The van der Waals surface area contributed by atoms with E-state index in [4.69, 9.17) is 14.2 Å². The summed E-state index contributed by atoms with van der Waals surface area (Å²) >= 11 is 0. The summed E-state index contributed by atoms with van der Waals surface area (Å²) in [6.07, 6.45) is 0.121. The predicted molar refractivity (Wildman–Crippen MR) is 139 cm³/mol. The number of ether oxygens (including phenoxy) is 3. The highest BCUT2D eigenvalue weighted by molar-refractivity contribution is 6.23. The Morgan fingerprint density at radius 2 is 1.54 bits per heavy atom. The minimum absolute atomic E-state index is 0.102. The molecule has 3 aromatic carbocycles. The Morgan fingerprint density at radius 3 is 2.15 bits per heavy atom. The third-order valence-corrected chi connectivity index (χ3v) is 6.49. The number of methoxy groups -OCH3 is 3. The molecule has 4 rings (SSSR count). The Kier molecular flexibility index (Phi) is 8.24. The smallest absolute Gasteiger partial charge is 0.337 e. The highest BCUT2D eigenvalue weighted by Crippen LogP contribution is 2.30. The first-order chi connectivity index (χ1) is 18.8. The van der Waals surface area contributed by atoms with Crippen LogP contribution in [0.15, 0.2) is 66.7 Å². The van der Waals surface area contributed by atoms with Crippen molar-refractivity contribution in [1.29, 1.82) is 0 Å². The third-order valence-electron chi connectivity index (χ3n) is 6.49. The Labute approximate surface area is 224 Å². The van der Waals surface area contributed by atoms with Gasteiger partial charge in [0.25, 0.3) is 11.8 Å². The van der Waals surface area contributed by atoms with Gasteiger partial charge in [-0.05, 0) is 72.6 Å². The van der Waals surface area contributed by atoms with Gasteiger partial charge in [-0.2, -0.15) is 0 Å². The zero-order valence-corrected chi connectivity index (χ0v) is 21.7. The molecule has 0 spiro atoms. The number of nitrogens with zero attached hydrogens (tertiary/aromatic N) is 2. The lowest BCUT2D eigenvalue weighted by Gasteiger charge is -2.28. The summed E-state index contributed by atoms with van der Waals surface area (Å²) in [5, 5.41) is 0. The molecule has 0 aliphatic carbocycles. The molecule has 202 valence electrons. The standard InChI is InChI=1S/C29H27FN2O7/c1-37-24-13-4-18(16-25(24)38-2)14-15-31(27(34)19-5-9-21(30)10-6-19)23-17-26(33)32(28(23)35)22-11-7-20(8-12-22)29(36)39-3/h4-13,16,23H,14-15,17H2,1-3H3. The van der Waals surface area contributed by atoms with E-state index in [9.17, 15) is 23.6 Å². The number of esters is 1. The van der Waals surface area contributed by atoms with Crippen LogP contribution in [0.2, 0.25) is 0 Å². The quantitative estimate of drug-likeness (QED) is 0.305. The number of rotatable bonds is 9. The number of benzene rings is 3. The Bertz CT molecular complexity index is 1390. The lowest BCUT2D eigenvalue weighted by atomic mass is 10.1. The van der Waals surface area contributed by atoms with Gasteiger partial charge in [0.05, 0.1) is 39.0 Å². The number of hydrogen-bond donors (Lipinski definition) is 0. The monoisotopic (exact) mass is 534 g/mol. The van der Waals surface area contributed by atoms with Crippen LogP contribution in [0.4, 0.5) is 10.1 Å². The van der Waals surface area contributed by atoms with E-state index in [1.54, 1.807) is 12.1 Å². The summed E-state index contributed by atoms with van der Waals surface area (Å²) in [6.45, 7) is 0.102. The molecular formula is C29H27FN2O7. The largest absolute Gasteiger partial charge is 0.493 e. The van der Waals surface area contributed by atoms with Gasteiger partial charge >= 0.3 is 5.97 Å². The number of carbonyl (C=O) groups excluding carboxylic acids is 4. The van der Waals surface area contributed by atoms with Crippen molar-refractivity contribution in [1.82, 2.24) is 4.90 Å².